The average Bonchev–Trinajstić information content (AvgIpc) is 2.83. The fraction of sp³-hybridized carbons (Fsp3) is 0. The summed E-state index contributed by atoms with van der Waals surface area (Å²) >= 11 is 0. The standard InChI is InChI=1S/C27H22N4O/c28-20-6-10-22(11-7-20)31(23-12-8-21(29)9-13-23)24-14-16-25(17-15-24)32-26-5-1-3-19-4-2-18-30-27(19)26/h1-18H,28-29H2. The minimum atomic E-state index is 0.721. The first-order valence-corrected chi connectivity index (χ1v) is 10.3. The molecule has 0 bridgehead atoms. The second-order valence-electron chi connectivity index (χ2n) is 7.45. The average molecular weight is 419 g/mol. The number of hydrogen-bond donors (Lipinski definition) is 2. The number of para-hydroxylation sites is 1. The number of ether oxygens (including phenoxy) is 1. The van der Waals surface area contributed by atoms with E-state index in [-0.39, 0.29) is 0 Å². The topological polar surface area (TPSA) is 77.4 Å². The highest BCUT2D eigenvalue weighted by Gasteiger charge is 2.13. The molecule has 4 N–H and O–H groups in total. The number of nitrogens with two attached hydrogens (primary N) is 2. The van der Waals surface area contributed by atoms with Gasteiger partial charge < -0.3 is 21.1 Å². The van der Waals surface area contributed by atoms with E-state index in [4.69, 9.17) is 16.2 Å². The summed E-state index contributed by atoms with van der Waals surface area (Å²) in [6, 6.07) is 33.4. The molecule has 5 heteroatoms. The van der Waals surface area contributed by atoms with E-state index in [2.05, 4.69) is 9.88 Å². The molecule has 156 valence electrons. The lowest BCUT2D eigenvalue weighted by Gasteiger charge is -2.25. The predicted octanol–water partition coefficient (Wildman–Crippen LogP) is 6.66. The summed E-state index contributed by atoms with van der Waals surface area (Å²) in [6.07, 6.45) is 1.77. The van der Waals surface area contributed by atoms with Crippen molar-refractivity contribution in [1.29, 1.82) is 0 Å². The maximum atomic E-state index is 6.16. The van der Waals surface area contributed by atoms with Crippen LogP contribution < -0.4 is 21.1 Å². The molecule has 32 heavy (non-hydrogen) atoms. The molecule has 0 aliphatic heterocycles. The third kappa shape index (κ3) is 3.91. The number of aromatic nitrogens is 1. The number of benzene rings is 4. The molecule has 0 amide bonds. The second-order valence-corrected chi connectivity index (χ2v) is 7.45. The first-order chi connectivity index (χ1) is 15.7. The van der Waals surface area contributed by atoms with Crippen LogP contribution in [-0.4, -0.2) is 4.98 Å². The van der Waals surface area contributed by atoms with Crippen LogP contribution in [0.3, 0.4) is 0 Å². The highest BCUT2D eigenvalue weighted by Crippen LogP contribution is 2.37. The van der Waals surface area contributed by atoms with Gasteiger partial charge in [0.15, 0.2) is 5.75 Å². The molecule has 0 saturated carbocycles. The van der Waals surface area contributed by atoms with Crippen LogP contribution in [0.2, 0.25) is 0 Å². The van der Waals surface area contributed by atoms with Gasteiger partial charge in [-0.05, 0) is 84.9 Å². The van der Waals surface area contributed by atoms with Crippen LogP contribution in [0.25, 0.3) is 10.9 Å². The van der Waals surface area contributed by atoms with E-state index in [1.54, 1.807) is 6.20 Å². The van der Waals surface area contributed by atoms with Gasteiger partial charge in [-0.1, -0.05) is 18.2 Å². The van der Waals surface area contributed by atoms with Gasteiger partial charge in [-0.25, -0.2) is 0 Å². The lowest BCUT2D eigenvalue weighted by Crippen LogP contribution is -2.10. The molecule has 0 fully saturated rings. The Morgan fingerprint density at radius 2 is 1.12 bits per heavy atom. The van der Waals surface area contributed by atoms with Crippen molar-refractivity contribution in [3.63, 3.8) is 0 Å². The van der Waals surface area contributed by atoms with Crippen molar-refractivity contribution < 1.29 is 4.74 Å². The van der Waals surface area contributed by atoms with Crippen molar-refractivity contribution in [3.05, 3.63) is 109 Å². The third-order valence-electron chi connectivity index (χ3n) is 5.22. The smallest absolute Gasteiger partial charge is 0.153 e. The Bertz CT molecular complexity index is 1300. The Morgan fingerprint density at radius 3 is 1.72 bits per heavy atom. The van der Waals surface area contributed by atoms with E-state index in [1.165, 1.54) is 0 Å². The van der Waals surface area contributed by atoms with Crippen LogP contribution in [0.15, 0.2) is 109 Å². The molecule has 0 aliphatic carbocycles. The number of nitrogens with zero attached hydrogens (tertiary/aromatic N) is 2. The maximum absolute atomic E-state index is 6.16. The molecule has 0 spiro atoms. The summed E-state index contributed by atoms with van der Waals surface area (Å²) in [5.41, 5.74) is 17.1. The quantitative estimate of drug-likeness (QED) is 0.312. The minimum absolute atomic E-state index is 0.721. The first-order valence-electron chi connectivity index (χ1n) is 10.3. The van der Waals surface area contributed by atoms with Crippen molar-refractivity contribution in [3.8, 4) is 11.5 Å². The van der Waals surface area contributed by atoms with Gasteiger partial charge in [0.1, 0.15) is 11.3 Å². The van der Waals surface area contributed by atoms with E-state index in [0.29, 0.717) is 0 Å². The Kier molecular flexibility index (Phi) is 5.06. The highest BCUT2D eigenvalue weighted by molar-refractivity contribution is 5.84. The minimum Gasteiger partial charge on any atom is -0.455 e. The Morgan fingerprint density at radius 1 is 0.594 bits per heavy atom. The van der Waals surface area contributed by atoms with E-state index in [9.17, 15) is 0 Å². The number of rotatable bonds is 5. The van der Waals surface area contributed by atoms with Crippen LogP contribution in [0, 0.1) is 0 Å². The zero-order valence-electron chi connectivity index (χ0n) is 17.3. The molecular weight excluding hydrogens is 396 g/mol. The maximum Gasteiger partial charge on any atom is 0.153 e. The van der Waals surface area contributed by atoms with Gasteiger partial charge in [0, 0.05) is 40.0 Å². The van der Waals surface area contributed by atoms with Crippen LogP contribution in [0.4, 0.5) is 28.4 Å². The molecule has 5 rings (SSSR count). The summed E-state index contributed by atoms with van der Waals surface area (Å²) in [6.45, 7) is 0. The highest BCUT2D eigenvalue weighted by atomic mass is 16.5. The summed E-state index contributed by atoms with van der Waals surface area (Å²) in [5, 5.41) is 1.04. The zero-order chi connectivity index (χ0) is 21.9. The largest absolute Gasteiger partial charge is 0.455 e. The summed E-state index contributed by atoms with van der Waals surface area (Å²) in [5.74, 6) is 1.46. The Balaban J connectivity index is 1.49. The van der Waals surface area contributed by atoms with Gasteiger partial charge in [-0.3, -0.25) is 4.98 Å². The fourth-order valence-corrected chi connectivity index (χ4v) is 3.64. The number of hydrogen-bond acceptors (Lipinski definition) is 5. The predicted molar refractivity (Wildman–Crippen MR) is 132 cm³/mol. The van der Waals surface area contributed by atoms with Crippen LogP contribution in [0.5, 0.6) is 11.5 Å². The van der Waals surface area contributed by atoms with Gasteiger partial charge in [-0.15, -0.1) is 0 Å². The Hall–Kier alpha value is -4.51. The van der Waals surface area contributed by atoms with Gasteiger partial charge >= 0.3 is 0 Å². The number of pyridine rings is 1. The van der Waals surface area contributed by atoms with Gasteiger partial charge in [0.25, 0.3) is 0 Å². The number of anilines is 5. The molecule has 5 nitrogen and oxygen atoms in total. The van der Waals surface area contributed by atoms with Crippen molar-refractivity contribution in [1.82, 2.24) is 4.98 Å². The molecule has 0 unspecified atom stereocenters. The lowest BCUT2D eigenvalue weighted by molar-refractivity contribution is 0.487. The van der Waals surface area contributed by atoms with Gasteiger partial charge in [0.05, 0.1) is 0 Å². The van der Waals surface area contributed by atoms with E-state index in [1.807, 2.05) is 103 Å². The normalized spacial score (nSPS) is 10.8. The molecule has 0 atom stereocenters. The van der Waals surface area contributed by atoms with Crippen LogP contribution in [-0.2, 0) is 0 Å². The summed E-state index contributed by atoms with van der Waals surface area (Å²) in [7, 11) is 0. The molecule has 0 aliphatic rings. The number of nitrogen functional groups attached to an aromatic ring is 2. The molecule has 1 aromatic heterocycles. The van der Waals surface area contributed by atoms with Crippen LogP contribution >= 0.6 is 0 Å². The van der Waals surface area contributed by atoms with Crippen molar-refractivity contribution in [2.75, 3.05) is 16.4 Å². The first kappa shape index (κ1) is 19.5. The van der Waals surface area contributed by atoms with Crippen molar-refractivity contribution in [2.24, 2.45) is 0 Å². The lowest BCUT2D eigenvalue weighted by atomic mass is 10.1. The fourth-order valence-electron chi connectivity index (χ4n) is 3.64. The molecular formula is C27H22N4O. The van der Waals surface area contributed by atoms with Gasteiger partial charge in [-0.2, -0.15) is 0 Å². The van der Waals surface area contributed by atoms with Gasteiger partial charge in [0.2, 0.25) is 0 Å². The molecule has 4 aromatic carbocycles. The van der Waals surface area contributed by atoms with Crippen molar-refractivity contribution in [2.45, 2.75) is 0 Å². The summed E-state index contributed by atoms with van der Waals surface area (Å²) in [4.78, 5) is 6.60. The zero-order valence-corrected chi connectivity index (χ0v) is 17.3. The van der Waals surface area contributed by atoms with E-state index in [0.717, 1.165) is 50.8 Å². The SMILES string of the molecule is Nc1ccc(N(c2ccc(N)cc2)c2ccc(Oc3cccc4cccnc34)cc2)cc1. The van der Waals surface area contributed by atoms with E-state index >= 15 is 0 Å². The van der Waals surface area contributed by atoms with Crippen LogP contribution in [0.1, 0.15) is 0 Å². The monoisotopic (exact) mass is 418 g/mol. The van der Waals surface area contributed by atoms with Crippen molar-refractivity contribution >= 4 is 39.3 Å². The third-order valence-corrected chi connectivity index (χ3v) is 5.22. The summed E-state index contributed by atoms with van der Waals surface area (Å²) < 4.78 is 6.16. The Labute approximate surface area is 186 Å². The molecule has 0 saturated heterocycles. The molecule has 1 heterocycles. The second kappa shape index (κ2) is 8.32. The molecule has 0 radical (unpaired) electrons. The molecule has 5 aromatic rings. The number of fused-ring (bicyclic) bond motifs is 1. The van der Waals surface area contributed by atoms with E-state index < -0.39 is 0 Å².